The molecule has 1 heterocycles. The van der Waals surface area contributed by atoms with E-state index < -0.39 is 32.4 Å². The Morgan fingerprint density at radius 2 is 1.33 bits per heavy atom. The number of hydrogen-bond donors (Lipinski definition) is 0. The first-order valence-corrected chi connectivity index (χ1v) is 18.3. The van der Waals surface area contributed by atoms with Crippen molar-refractivity contribution in [2.75, 3.05) is 6.61 Å². The fourth-order valence-corrected chi connectivity index (χ4v) is 9.52. The number of unbranched alkanes of at least 4 members (excludes halogenated alkanes) is 9. The lowest BCUT2D eigenvalue weighted by Crippen LogP contribution is -2.20. The second-order valence-electron chi connectivity index (χ2n) is 11.8. The molecule has 0 saturated carbocycles. The van der Waals surface area contributed by atoms with Crippen LogP contribution in [-0.4, -0.2) is 21.6 Å². The van der Waals surface area contributed by atoms with Gasteiger partial charge in [-0.3, -0.25) is 0 Å². The van der Waals surface area contributed by atoms with Crippen molar-refractivity contribution < 1.29 is 17.9 Å². The molecule has 218 valence electrons. The summed E-state index contributed by atoms with van der Waals surface area (Å²) in [6, 6.07) is 15.2. The summed E-state index contributed by atoms with van der Waals surface area (Å²) in [5.74, 6) is -1.44. The van der Waals surface area contributed by atoms with Crippen LogP contribution in [0, 0.1) is 11.6 Å². The Labute approximate surface area is 237 Å². The second-order valence-corrected chi connectivity index (χ2v) is 15.2. The molecule has 2 aromatic rings. The molecule has 2 aromatic carbocycles. The van der Waals surface area contributed by atoms with Crippen LogP contribution in [0.2, 0.25) is 18.1 Å². The van der Waals surface area contributed by atoms with Crippen LogP contribution in [0.4, 0.5) is 13.2 Å². The Morgan fingerprint density at radius 1 is 0.769 bits per heavy atom. The van der Waals surface area contributed by atoms with E-state index in [0.29, 0.717) is 17.9 Å². The minimum Gasteiger partial charge on any atom is -0.485 e. The summed E-state index contributed by atoms with van der Waals surface area (Å²) < 4.78 is 48.7. The Kier molecular flexibility index (Phi) is 14.5. The SMILES string of the molecule is CCCCCCCCC[Si@H]1CC[C@H](c2ccc(-c3cc(F)c(OC[C@@H](F)CCCCCC)c(F)c3)cc2)CC1. The highest BCUT2D eigenvalue weighted by Crippen LogP contribution is 2.36. The van der Waals surface area contributed by atoms with Gasteiger partial charge in [-0.2, -0.15) is 0 Å². The maximum absolute atomic E-state index is 14.7. The van der Waals surface area contributed by atoms with Crippen LogP contribution in [0.5, 0.6) is 5.75 Å². The highest BCUT2D eigenvalue weighted by Gasteiger charge is 2.23. The van der Waals surface area contributed by atoms with Crippen LogP contribution < -0.4 is 4.74 Å². The molecular weight excluding hydrogens is 509 g/mol. The number of rotatable bonds is 18. The van der Waals surface area contributed by atoms with Crippen molar-refractivity contribution in [2.24, 2.45) is 0 Å². The molecule has 1 saturated heterocycles. The third kappa shape index (κ3) is 11.0. The van der Waals surface area contributed by atoms with Gasteiger partial charge in [0, 0.05) is 8.80 Å². The van der Waals surface area contributed by atoms with Gasteiger partial charge in [0.15, 0.2) is 17.4 Å². The zero-order valence-electron chi connectivity index (χ0n) is 24.5. The monoisotopic (exact) mass is 560 g/mol. The van der Waals surface area contributed by atoms with E-state index in [0.717, 1.165) is 31.2 Å². The molecule has 0 aliphatic carbocycles. The highest BCUT2D eigenvalue weighted by atomic mass is 28.3. The minimum atomic E-state index is -1.22. The molecule has 3 rings (SSSR count). The molecule has 0 N–H and O–H groups in total. The molecule has 1 aliphatic rings. The van der Waals surface area contributed by atoms with Crippen molar-refractivity contribution in [2.45, 2.75) is 134 Å². The Balaban J connectivity index is 1.44. The molecule has 0 amide bonds. The van der Waals surface area contributed by atoms with E-state index in [1.165, 1.54) is 93.6 Å². The first-order valence-electron chi connectivity index (χ1n) is 15.9. The fourth-order valence-electron chi connectivity index (χ4n) is 6.04. The summed E-state index contributed by atoms with van der Waals surface area (Å²) in [4.78, 5) is 0. The van der Waals surface area contributed by atoms with Gasteiger partial charge >= 0.3 is 0 Å². The van der Waals surface area contributed by atoms with Crippen LogP contribution in [0.25, 0.3) is 11.1 Å². The van der Waals surface area contributed by atoms with E-state index in [1.807, 2.05) is 12.1 Å². The van der Waals surface area contributed by atoms with Crippen molar-refractivity contribution >= 4 is 8.80 Å². The van der Waals surface area contributed by atoms with Gasteiger partial charge in [0.1, 0.15) is 12.8 Å². The van der Waals surface area contributed by atoms with Crippen molar-refractivity contribution in [3.8, 4) is 16.9 Å². The number of ether oxygens (including phenoxy) is 1. The zero-order chi connectivity index (χ0) is 27.9. The third-order valence-electron chi connectivity index (χ3n) is 8.56. The molecule has 0 radical (unpaired) electrons. The lowest BCUT2D eigenvalue weighted by atomic mass is 9.92. The summed E-state index contributed by atoms with van der Waals surface area (Å²) in [5.41, 5.74) is 2.60. The summed E-state index contributed by atoms with van der Waals surface area (Å²) in [6.45, 7) is 4.05. The first kappa shape index (κ1) is 31.8. The fraction of sp³-hybridized carbons (Fsp3) is 0.647. The van der Waals surface area contributed by atoms with Crippen LogP contribution in [0.1, 0.15) is 115 Å². The molecule has 0 aromatic heterocycles. The molecule has 1 atom stereocenters. The molecule has 0 unspecified atom stereocenters. The van der Waals surface area contributed by atoms with Gasteiger partial charge < -0.3 is 4.74 Å². The lowest BCUT2D eigenvalue weighted by molar-refractivity contribution is 0.173. The molecular formula is C34H51F3OSi. The average Bonchev–Trinajstić information content (AvgIpc) is 2.95. The van der Waals surface area contributed by atoms with Gasteiger partial charge in [-0.25, -0.2) is 13.2 Å². The average molecular weight is 561 g/mol. The predicted molar refractivity (Wildman–Crippen MR) is 162 cm³/mol. The summed E-state index contributed by atoms with van der Waals surface area (Å²) in [6.07, 6.45) is 15.4. The number of hydrogen-bond acceptors (Lipinski definition) is 1. The molecule has 1 aliphatic heterocycles. The largest absolute Gasteiger partial charge is 0.485 e. The van der Waals surface area contributed by atoms with Gasteiger partial charge in [-0.1, -0.05) is 127 Å². The molecule has 0 spiro atoms. The molecule has 0 bridgehead atoms. The standard InChI is InChI=1S/C34H51F3OSi/c1-3-5-7-9-10-11-13-21-39-22-19-29(20-23-39)27-15-17-28(18-16-27)30-24-32(36)34(33(37)25-30)38-26-31(35)14-12-8-6-4-2/h15-18,24-25,29,31,39H,3-14,19-23,26H2,1-2H3/t29-,31-,39-/m0/s1. The van der Waals surface area contributed by atoms with Crippen molar-refractivity contribution in [1.82, 2.24) is 0 Å². The number of halogens is 3. The topological polar surface area (TPSA) is 9.23 Å². The van der Waals surface area contributed by atoms with E-state index >= 15 is 0 Å². The molecule has 5 heteroatoms. The minimum absolute atomic E-state index is 0.321. The van der Waals surface area contributed by atoms with Crippen LogP contribution in [0.15, 0.2) is 36.4 Å². The van der Waals surface area contributed by atoms with E-state index in [-0.39, 0.29) is 6.61 Å². The first-order chi connectivity index (χ1) is 19.0. The van der Waals surface area contributed by atoms with Crippen LogP contribution in [0.3, 0.4) is 0 Å². The summed E-state index contributed by atoms with van der Waals surface area (Å²) in [7, 11) is -0.569. The Bertz CT molecular complexity index is 917. The van der Waals surface area contributed by atoms with Crippen LogP contribution >= 0.6 is 0 Å². The van der Waals surface area contributed by atoms with Crippen molar-refractivity contribution in [3.05, 3.63) is 53.6 Å². The van der Waals surface area contributed by atoms with E-state index in [4.69, 9.17) is 4.74 Å². The number of benzene rings is 2. The number of alkyl halides is 1. The molecule has 1 fully saturated rings. The smallest absolute Gasteiger partial charge is 0.190 e. The van der Waals surface area contributed by atoms with E-state index in [2.05, 4.69) is 26.0 Å². The summed E-state index contributed by atoms with van der Waals surface area (Å²) >= 11 is 0. The third-order valence-corrected chi connectivity index (χ3v) is 12.1. The maximum Gasteiger partial charge on any atom is 0.190 e. The van der Waals surface area contributed by atoms with Crippen molar-refractivity contribution in [1.29, 1.82) is 0 Å². The Hall–Kier alpha value is -1.75. The quantitative estimate of drug-likeness (QED) is 0.130. The van der Waals surface area contributed by atoms with Gasteiger partial charge in [-0.15, -0.1) is 0 Å². The zero-order valence-corrected chi connectivity index (χ0v) is 25.6. The maximum atomic E-state index is 14.7. The second kappa shape index (κ2) is 17.8. The van der Waals surface area contributed by atoms with Gasteiger partial charge in [0.25, 0.3) is 0 Å². The van der Waals surface area contributed by atoms with E-state index in [9.17, 15) is 13.2 Å². The lowest BCUT2D eigenvalue weighted by Gasteiger charge is -2.28. The van der Waals surface area contributed by atoms with Gasteiger partial charge in [0.05, 0.1) is 0 Å². The van der Waals surface area contributed by atoms with E-state index in [1.54, 1.807) is 0 Å². The highest BCUT2D eigenvalue weighted by molar-refractivity contribution is 6.59. The van der Waals surface area contributed by atoms with Crippen LogP contribution in [-0.2, 0) is 0 Å². The van der Waals surface area contributed by atoms with Crippen molar-refractivity contribution in [3.63, 3.8) is 0 Å². The predicted octanol–water partition coefficient (Wildman–Crippen LogP) is 11.2. The summed E-state index contributed by atoms with van der Waals surface area (Å²) in [5, 5.41) is 0. The molecule has 39 heavy (non-hydrogen) atoms. The Morgan fingerprint density at radius 3 is 1.95 bits per heavy atom. The van der Waals surface area contributed by atoms with Gasteiger partial charge in [0.2, 0.25) is 0 Å². The normalized spacial score (nSPS) is 18.3. The van der Waals surface area contributed by atoms with Gasteiger partial charge in [-0.05, 0) is 54.0 Å². The molecule has 1 nitrogen and oxygen atoms in total.